The fourth-order valence-electron chi connectivity index (χ4n) is 2.29. The molecular formula is C15H21FN2O3. The van der Waals surface area contributed by atoms with E-state index in [1.807, 2.05) is 0 Å². The molecule has 2 rings (SSSR count). The van der Waals surface area contributed by atoms with Crippen molar-refractivity contribution in [3.63, 3.8) is 0 Å². The highest BCUT2D eigenvalue weighted by Crippen LogP contribution is 2.20. The van der Waals surface area contributed by atoms with Crippen LogP contribution >= 0.6 is 0 Å². The molecule has 1 aromatic rings. The lowest BCUT2D eigenvalue weighted by atomic mass is 9.90. The average Bonchev–Trinajstić information content (AvgIpc) is 2.49. The Labute approximate surface area is 123 Å². The van der Waals surface area contributed by atoms with Gasteiger partial charge in [-0.3, -0.25) is 4.79 Å². The number of halogens is 1. The summed E-state index contributed by atoms with van der Waals surface area (Å²) in [5, 5.41) is 0. The molecule has 1 heterocycles. The van der Waals surface area contributed by atoms with Gasteiger partial charge in [0.1, 0.15) is 6.61 Å². The van der Waals surface area contributed by atoms with E-state index < -0.39 is 11.4 Å². The summed E-state index contributed by atoms with van der Waals surface area (Å²) in [6.45, 7) is 1.58. The number of hydrogen-bond acceptors (Lipinski definition) is 4. The molecule has 0 radical (unpaired) electrons. The van der Waals surface area contributed by atoms with Crippen molar-refractivity contribution in [3.8, 4) is 5.75 Å². The summed E-state index contributed by atoms with van der Waals surface area (Å²) < 4.78 is 24.0. The first-order valence-electron chi connectivity index (χ1n) is 7.02. The first kappa shape index (κ1) is 15.7. The van der Waals surface area contributed by atoms with Crippen LogP contribution in [0.3, 0.4) is 0 Å². The number of nitrogens with zero attached hydrogens (tertiary/aromatic N) is 1. The maximum absolute atomic E-state index is 13.4. The van der Waals surface area contributed by atoms with Gasteiger partial charge in [0.2, 0.25) is 5.91 Å². The van der Waals surface area contributed by atoms with Crippen molar-refractivity contribution in [1.29, 1.82) is 0 Å². The van der Waals surface area contributed by atoms with Gasteiger partial charge in [0.15, 0.2) is 11.6 Å². The third-order valence-corrected chi connectivity index (χ3v) is 3.68. The van der Waals surface area contributed by atoms with E-state index in [1.165, 1.54) is 11.0 Å². The van der Waals surface area contributed by atoms with E-state index in [9.17, 15) is 9.18 Å². The number of carbonyl (C=O) groups excluding carboxylic acids is 1. The molecular weight excluding hydrogens is 275 g/mol. The van der Waals surface area contributed by atoms with Crippen molar-refractivity contribution in [1.82, 2.24) is 4.90 Å². The van der Waals surface area contributed by atoms with Crippen LogP contribution in [0, 0.1) is 5.82 Å². The minimum atomic E-state index is -0.856. The number of ether oxygens (including phenoxy) is 2. The standard InChI is InChI=1S/C15H21FN2O3/c1-18(14(19)15(17)6-9-20-10-7-15)8-11-21-13-5-3-2-4-12(13)16/h2-5H,6-11,17H2,1H3. The smallest absolute Gasteiger partial charge is 0.242 e. The van der Waals surface area contributed by atoms with Gasteiger partial charge >= 0.3 is 0 Å². The first-order chi connectivity index (χ1) is 10.0. The zero-order chi connectivity index (χ0) is 15.3. The van der Waals surface area contributed by atoms with Crippen LogP contribution in [0.2, 0.25) is 0 Å². The van der Waals surface area contributed by atoms with Gasteiger partial charge in [0, 0.05) is 20.3 Å². The molecule has 1 amide bonds. The zero-order valence-corrected chi connectivity index (χ0v) is 12.2. The van der Waals surface area contributed by atoms with Crippen LogP contribution in [-0.2, 0) is 9.53 Å². The quantitative estimate of drug-likeness (QED) is 0.886. The second-order valence-electron chi connectivity index (χ2n) is 5.27. The van der Waals surface area contributed by atoms with Crippen molar-refractivity contribution in [3.05, 3.63) is 30.1 Å². The van der Waals surface area contributed by atoms with Crippen LogP contribution in [-0.4, -0.2) is 49.8 Å². The van der Waals surface area contributed by atoms with Crippen LogP contribution in [0.25, 0.3) is 0 Å². The molecule has 21 heavy (non-hydrogen) atoms. The summed E-state index contributed by atoms with van der Waals surface area (Å²) >= 11 is 0. The monoisotopic (exact) mass is 296 g/mol. The van der Waals surface area contributed by atoms with Crippen molar-refractivity contribution in [2.45, 2.75) is 18.4 Å². The van der Waals surface area contributed by atoms with Gasteiger partial charge < -0.3 is 20.1 Å². The van der Waals surface area contributed by atoms with Gasteiger partial charge in [-0.2, -0.15) is 0 Å². The van der Waals surface area contributed by atoms with E-state index in [0.717, 1.165) is 0 Å². The minimum absolute atomic E-state index is 0.122. The number of likely N-dealkylation sites (N-methyl/N-ethyl adjacent to an activating group) is 1. The lowest BCUT2D eigenvalue weighted by molar-refractivity contribution is -0.139. The normalized spacial score (nSPS) is 17.3. The lowest BCUT2D eigenvalue weighted by Crippen LogP contribution is -2.57. The summed E-state index contributed by atoms with van der Waals surface area (Å²) in [6.07, 6.45) is 1.04. The topological polar surface area (TPSA) is 64.8 Å². The molecule has 0 aliphatic carbocycles. The number of nitrogens with two attached hydrogens (primary N) is 1. The second kappa shape index (κ2) is 6.87. The molecule has 0 aromatic heterocycles. The molecule has 2 N–H and O–H groups in total. The van der Waals surface area contributed by atoms with Crippen LogP contribution in [0.5, 0.6) is 5.75 Å². The van der Waals surface area contributed by atoms with E-state index >= 15 is 0 Å². The molecule has 1 aromatic carbocycles. The summed E-state index contributed by atoms with van der Waals surface area (Å²) in [7, 11) is 1.68. The molecule has 6 heteroatoms. The van der Waals surface area contributed by atoms with Crippen molar-refractivity contribution in [2.24, 2.45) is 5.73 Å². The molecule has 0 bridgehead atoms. The number of carbonyl (C=O) groups is 1. The van der Waals surface area contributed by atoms with E-state index in [1.54, 1.807) is 25.2 Å². The summed E-state index contributed by atoms with van der Waals surface area (Å²) in [6, 6.07) is 6.19. The van der Waals surface area contributed by atoms with Gasteiger partial charge in [-0.05, 0) is 25.0 Å². The molecule has 0 atom stereocenters. The maximum atomic E-state index is 13.4. The fraction of sp³-hybridized carbons (Fsp3) is 0.533. The third-order valence-electron chi connectivity index (χ3n) is 3.68. The molecule has 116 valence electrons. The number of benzene rings is 1. The molecule has 1 aliphatic heterocycles. The molecule has 0 unspecified atom stereocenters. The minimum Gasteiger partial charge on any atom is -0.489 e. The molecule has 1 aliphatic rings. The number of hydrogen-bond donors (Lipinski definition) is 1. The second-order valence-corrected chi connectivity index (χ2v) is 5.27. The molecule has 0 saturated carbocycles. The molecule has 5 nitrogen and oxygen atoms in total. The Kier molecular flexibility index (Phi) is 5.14. The highest BCUT2D eigenvalue weighted by Gasteiger charge is 2.37. The van der Waals surface area contributed by atoms with Crippen LogP contribution in [0.1, 0.15) is 12.8 Å². The maximum Gasteiger partial charge on any atom is 0.242 e. The van der Waals surface area contributed by atoms with E-state index in [0.29, 0.717) is 32.6 Å². The van der Waals surface area contributed by atoms with Crippen molar-refractivity contribution < 1.29 is 18.7 Å². The Hall–Kier alpha value is -1.66. The van der Waals surface area contributed by atoms with Crippen LogP contribution in [0.4, 0.5) is 4.39 Å². The predicted octanol–water partition coefficient (Wildman–Crippen LogP) is 1.17. The Morgan fingerprint density at radius 1 is 1.43 bits per heavy atom. The van der Waals surface area contributed by atoms with Gasteiger partial charge in [0.05, 0.1) is 12.1 Å². The summed E-state index contributed by atoms with van der Waals surface area (Å²) in [4.78, 5) is 13.9. The molecule has 0 spiro atoms. The van der Waals surface area contributed by atoms with Gasteiger partial charge in [-0.15, -0.1) is 0 Å². The zero-order valence-electron chi connectivity index (χ0n) is 12.2. The molecule has 1 saturated heterocycles. The van der Waals surface area contributed by atoms with E-state index in [4.69, 9.17) is 15.2 Å². The largest absolute Gasteiger partial charge is 0.489 e. The number of amides is 1. The highest BCUT2D eigenvalue weighted by molar-refractivity contribution is 5.86. The van der Waals surface area contributed by atoms with E-state index in [-0.39, 0.29) is 18.3 Å². The average molecular weight is 296 g/mol. The molecule has 1 fully saturated rings. The predicted molar refractivity (Wildman–Crippen MR) is 76.5 cm³/mol. The summed E-state index contributed by atoms with van der Waals surface area (Å²) in [5.41, 5.74) is 5.28. The summed E-state index contributed by atoms with van der Waals surface area (Å²) in [5.74, 6) is -0.346. The van der Waals surface area contributed by atoms with Gasteiger partial charge in [-0.1, -0.05) is 12.1 Å². The van der Waals surface area contributed by atoms with Crippen LogP contribution < -0.4 is 10.5 Å². The third kappa shape index (κ3) is 3.92. The van der Waals surface area contributed by atoms with Gasteiger partial charge in [0.25, 0.3) is 0 Å². The fourth-order valence-corrected chi connectivity index (χ4v) is 2.29. The van der Waals surface area contributed by atoms with Crippen molar-refractivity contribution >= 4 is 5.91 Å². The van der Waals surface area contributed by atoms with Crippen LogP contribution in [0.15, 0.2) is 24.3 Å². The highest BCUT2D eigenvalue weighted by atomic mass is 19.1. The first-order valence-corrected chi connectivity index (χ1v) is 7.02. The number of rotatable bonds is 5. The van der Waals surface area contributed by atoms with Crippen molar-refractivity contribution in [2.75, 3.05) is 33.4 Å². The van der Waals surface area contributed by atoms with E-state index in [2.05, 4.69) is 0 Å². The van der Waals surface area contributed by atoms with Gasteiger partial charge in [-0.25, -0.2) is 4.39 Å². The Morgan fingerprint density at radius 2 is 2.10 bits per heavy atom. The number of para-hydroxylation sites is 1. The Morgan fingerprint density at radius 3 is 2.76 bits per heavy atom. The Balaban J connectivity index is 1.83. The lowest BCUT2D eigenvalue weighted by Gasteiger charge is -2.35. The SMILES string of the molecule is CN(CCOc1ccccc1F)C(=O)C1(N)CCOCC1. The Bertz CT molecular complexity index is 490.